The van der Waals surface area contributed by atoms with Crippen LogP contribution < -0.4 is 14.9 Å². The van der Waals surface area contributed by atoms with Crippen LogP contribution in [-0.4, -0.2) is 12.0 Å². The third-order valence-electron chi connectivity index (χ3n) is 4.07. The van der Waals surface area contributed by atoms with E-state index < -0.39 is 4.92 Å². The first-order valence-corrected chi connectivity index (χ1v) is 8.01. The lowest BCUT2D eigenvalue weighted by Crippen LogP contribution is -2.09. The molecular formula is C19H17NO6. The summed E-state index contributed by atoms with van der Waals surface area (Å²) in [6.07, 6.45) is 0.673. The normalized spacial score (nSPS) is 10.7. The number of benzene rings is 2. The highest BCUT2D eigenvalue weighted by atomic mass is 16.6. The monoisotopic (exact) mass is 355 g/mol. The molecule has 3 rings (SSSR count). The summed E-state index contributed by atoms with van der Waals surface area (Å²) in [7, 11) is 1.55. The Morgan fingerprint density at radius 3 is 2.58 bits per heavy atom. The molecule has 3 aromatic rings. The van der Waals surface area contributed by atoms with Crippen molar-refractivity contribution >= 4 is 16.7 Å². The third-order valence-corrected chi connectivity index (χ3v) is 4.07. The average Bonchev–Trinajstić information content (AvgIpc) is 2.64. The Balaban J connectivity index is 2.19. The highest BCUT2D eigenvalue weighted by molar-refractivity contribution is 5.81. The smallest absolute Gasteiger partial charge is 0.311 e. The van der Waals surface area contributed by atoms with Crippen LogP contribution in [-0.2, 0) is 6.42 Å². The topological polar surface area (TPSA) is 91.8 Å². The maximum absolute atomic E-state index is 12.9. The highest BCUT2D eigenvalue weighted by Gasteiger charge is 2.20. The van der Waals surface area contributed by atoms with Crippen LogP contribution in [0.1, 0.15) is 18.2 Å². The summed E-state index contributed by atoms with van der Waals surface area (Å²) >= 11 is 0. The minimum Gasteiger partial charge on any atom is -0.496 e. The lowest BCUT2D eigenvalue weighted by molar-refractivity contribution is -0.385. The number of aryl methyl sites for hydroxylation is 2. The van der Waals surface area contributed by atoms with Gasteiger partial charge in [0.2, 0.25) is 16.9 Å². The molecule has 1 aromatic heterocycles. The fourth-order valence-electron chi connectivity index (χ4n) is 2.75. The van der Waals surface area contributed by atoms with E-state index in [2.05, 4.69) is 0 Å². The van der Waals surface area contributed by atoms with E-state index in [0.717, 1.165) is 5.56 Å². The SMILES string of the molecule is CCc1cc2c(=O)c(Oc3ccccc3[N+](=O)[O-])c(C)oc2cc1OC. The predicted octanol–water partition coefficient (Wildman–Crippen LogP) is 4.37. The highest BCUT2D eigenvalue weighted by Crippen LogP contribution is 2.33. The Hall–Kier alpha value is -3.35. The molecule has 0 aliphatic heterocycles. The zero-order valence-corrected chi connectivity index (χ0v) is 14.6. The van der Waals surface area contributed by atoms with Crippen LogP contribution in [0.15, 0.2) is 45.6 Å². The van der Waals surface area contributed by atoms with E-state index in [9.17, 15) is 14.9 Å². The van der Waals surface area contributed by atoms with Gasteiger partial charge in [-0.1, -0.05) is 19.1 Å². The van der Waals surface area contributed by atoms with Gasteiger partial charge in [-0.2, -0.15) is 0 Å². The number of ether oxygens (including phenoxy) is 2. The minimum absolute atomic E-state index is 0.0172. The molecule has 0 atom stereocenters. The molecule has 0 radical (unpaired) electrons. The molecule has 0 fully saturated rings. The number of fused-ring (bicyclic) bond motifs is 1. The number of para-hydroxylation sites is 2. The van der Waals surface area contributed by atoms with Crippen molar-refractivity contribution in [1.82, 2.24) is 0 Å². The van der Waals surface area contributed by atoms with Gasteiger partial charge in [-0.15, -0.1) is 0 Å². The molecule has 134 valence electrons. The zero-order chi connectivity index (χ0) is 18.8. The summed E-state index contributed by atoms with van der Waals surface area (Å²) in [6, 6.07) is 9.24. The van der Waals surface area contributed by atoms with E-state index in [0.29, 0.717) is 23.1 Å². The molecule has 0 aliphatic rings. The second-order valence-electron chi connectivity index (χ2n) is 5.66. The summed E-state index contributed by atoms with van der Waals surface area (Å²) in [4.78, 5) is 23.5. The first-order valence-electron chi connectivity index (χ1n) is 8.01. The van der Waals surface area contributed by atoms with E-state index in [1.165, 1.54) is 18.2 Å². The Morgan fingerprint density at radius 1 is 1.19 bits per heavy atom. The van der Waals surface area contributed by atoms with Crippen LogP contribution in [0.25, 0.3) is 11.0 Å². The lowest BCUT2D eigenvalue weighted by atomic mass is 10.1. The Labute approximate surface area is 148 Å². The standard InChI is InChI=1S/C19H17NO6/c1-4-12-9-13-17(10-16(12)24-3)25-11(2)19(18(13)21)26-15-8-6-5-7-14(15)20(22)23/h5-10H,4H2,1-3H3. The van der Waals surface area contributed by atoms with Crippen molar-refractivity contribution in [2.45, 2.75) is 20.3 Å². The van der Waals surface area contributed by atoms with Gasteiger partial charge in [0.15, 0.2) is 0 Å². The quantitative estimate of drug-likeness (QED) is 0.498. The molecule has 0 aliphatic carbocycles. The van der Waals surface area contributed by atoms with Crippen LogP contribution in [0.2, 0.25) is 0 Å². The summed E-state index contributed by atoms with van der Waals surface area (Å²) in [5.74, 6) is 0.775. The van der Waals surface area contributed by atoms with Crippen LogP contribution in [0.3, 0.4) is 0 Å². The molecule has 0 N–H and O–H groups in total. The molecule has 0 bridgehead atoms. The van der Waals surface area contributed by atoms with E-state index >= 15 is 0 Å². The van der Waals surface area contributed by atoms with Crippen molar-refractivity contribution in [3.8, 4) is 17.2 Å². The fourth-order valence-corrected chi connectivity index (χ4v) is 2.75. The van der Waals surface area contributed by atoms with Crippen molar-refractivity contribution in [1.29, 1.82) is 0 Å². The fraction of sp³-hybridized carbons (Fsp3) is 0.211. The van der Waals surface area contributed by atoms with Gasteiger partial charge < -0.3 is 13.9 Å². The van der Waals surface area contributed by atoms with Gasteiger partial charge in [-0.05, 0) is 31.0 Å². The molecular weight excluding hydrogens is 338 g/mol. The van der Waals surface area contributed by atoms with Crippen LogP contribution in [0.5, 0.6) is 17.2 Å². The van der Waals surface area contributed by atoms with Crippen molar-refractivity contribution in [3.05, 3.63) is 68.1 Å². The van der Waals surface area contributed by atoms with E-state index in [-0.39, 0.29) is 28.4 Å². The maximum atomic E-state index is 12.9. The molecule has 7 nitrogen and oxygen atoms in total. The lowest BCUT2D eigenvalue weighted by Gasteiger charge is -2.11. The van der Waals surface area contributed by atoms with E-state index in [1.54, 1.807) is 32.2 Å². The summed E-state index contributed by atoms with van der Waals surface area (Å²) in [6.45, 7) is 3.52. The second-order valence-corrected chi connectivity index (χ2v) is 5.66. The van der Waals surface area contributed by atoms with Crippen molar-refractivity contribution in [2.24, 2.45) is 0 Å². The van der Waals surface area contributed by atoms with Crippen LogP contribution in [0, 0.1) is 17.0 Å². The zero-order valence-electron chi connectivity index (χ0n) is 14.6. The van der Waals surface area contributed by atoms with Gasteiger partial charge >= 0.3 is 5.69 Å². The van der Waals surface area contributed by atoms with Gasteiger partial charge in [0.1, 0.15) is 17.1 Å². The molecule has 0 amide bonds. The molecule has 0 unspecified atom stereocenters. The summed E-state index contributed by atoms with van der Waals surface area (Å²) in [5, 5.41) is 11.5. The number of nitro groups is 1. The van der Waals surface area contributed by atoms with E-state index in [1.807, 2.05) is 6.92 Å². The largest absolute Gasteiger partial charge is 0.496 e. The molecule has 0 saturated carbocycles. The maximum Gasteiger partial charge on any atom is 0.311 e. The Kier molecular flexibility index (Phi) is 4.62. The van der Waals surface area contributed by atoms with Crippen molar-refractivity contribution in [2.75, 3.05) is 7.11 Å². The number of hydrogen-bond acceptors (Lipinski definition) is 6. The van der Waals surface area contributed by atoms with Gasteiger partial charge in [0.25, 0.3) is 0 Å². The third kappa shape index (κ3) is 2.99. The van der Waals surface area contributed by atoms with Gasteiger partial charge in [-0.25, -0.2) is 0 Å². The molecule has 0 saturated heterocycles. The number of hydrogen-bond donors (Lipinski definition) is 0. The first-order chi connectivity index (χ1) is 12.5. The Morgan fingerprint density at radius 2 is 1.92 bits per heavy atom. The second kappa shape index (κ2) is 6.87. The Bertz CT molecular complexity index is 1050. The minimum atomic E-state index is -0.562. The molecule has 26 heavy (non-hydrogen) atoms. The van der Waals surface area contributed by atoms with E-state index in [4.69, 9.17) is 13.9 Å². The predicted molar refractivity (Wildman–Crippen MR) is 96.3 cm³/mol. The van der Waals surface area contributed by atoms with Gasteiger partial charge in [0, 0.05) is 12.1 Å². The van der Waals surface area contributed by atoms with Crippen molar-refractivity contribution in [3.63, 3.8) is 0 Å². The molecule has 0 spiro atoms. The average molecular weight is 355 g/mol. The summed E-state index contributed by atoms with van der Waals surface area (Å²) < 4.78 is 16.6. The van der Waals surface area contributed by atoms with Crippen LogP contribution >= 0.6 is 0 Å². The molecule has 2 aromatic carbocycles. The van der Waals surface area contributed by atoms with Crippen molar-refractivity contribution < 1.29 is 18.8 Å². The van der Waals surface area contributed by atoms with Gasteiger partial charge in [0.05, 0.1) is 17.4 Å². The summed E-state index contributed by atoms with van der Waals surface area (Å²) in [5.41, 5.74) is 0.610. The molecule has 7 heteroatoms. The van der Waals surface area contributed by atoms with Gasteiger partial charge in [-0.3, -0.25) is 14.9 Å². The number of nitro benzene ring substituents is 1. The first kappa shape index (κ1) is 17.5. The van der Waals surface area contributed by atoms with Crippen LogP contribution in [0.4, 0.5) is 5.69 Å². The number of rotatable bonds is 5. The molecule has 1 heterocycles. The number of nitrogens with zero attached hydrogens (tertiary/aromatic N) is 1. The number of methoxy groups -OCH3 is 1.